The molecule has 2 aromatic rings. The van der Waals surface area contributed by atoms with Crippen LogP contribution in [0.25, 0.3) is 11.0 Å². The van der Waals surface area contributed by atoms with Crippen molar-refractivity contribution in [3.63, 3.8) is 0 Å². The molecular weight excluding hydrogens is 254 g/mol. The summed E-state index contributed by atoms with van der Waals surface area (Å²) in [6.45, 7) is 3.06. The molecule has 20 heavy (non-hydrogen) atoms. The van der Waals surface area contributed by atoms with Gasteiger partial charge in [-0.1, -0.05) is 44.2 Å². The average Bonchev–Trinajstić information content (AvgIpc) is 2.85. The SMILES string of the molecule is CCCCCCCCn1nnc2cc(C(=O)O)ccc21. The molecule has 0 aliphatic carbocycles. The highest BCUT2D eigenvalue weighted by atomic mass is 16.4. The highest BCUT2D eigenvalue weighted by Crippen LogP contribution is 2.15. The van der Waals surface area contributed by atoms with Crippen molar-refractivity contribution >= 4 is 17.0 Å². The minimum Gasteiger partial charge on any atom is -0.478 e. The molecule has 0 amide bonds. The van der Waals surface area contributed by atoms with Crippen LogP contribution in [0.2, 0.25) is 0 Å². The normalized spacial score (nSPS) is 11.1. The van der Waals surface area contributed by atoms with Crippen LogP contribution < -0.4 is 0 Å². The number of aryl methyl sites for hydroxylation is 1. The number of rotatable bonds is 8. The summed E-state index contributed by atoms with van der Waals surface area (Å²) < 4.78 is 1.86. The lowest BCUT2D eigenvalue weighted by Gasteiger charge is -2.03. The summed E-state index contributed by atoms with van der Waals surface area (Å²) in [4.78, 5) is 10.9. The van der Waals surface area contributed by atoms with Gasteiger partial charge in [0.2, 0.25) is 0 Å². The van der Waals surface area contributed by atoms with Crippen molar-refractivity contribution in [3.8, 4) is 0 Å². The zero-order chi connectivity index (χ0) is 14.4. The molecule has 5 heteroatoms. The largest absolute Gasteiger partial charge is 0.478 e. The van der Waals surface area contributed by atoms with Gasteiger partial charge in [0, 0.05) is 6.54 Å². The van der Waals surface area contributed by atoms with Gasteiger partial charge < -0.3 is 5.11 Å². The zero-order valence-electron chi connectivity index (χ0n) is 11.9. The Balaban J connectivity index is 1.92. The van der Waals surface area contributed by atoms with Crippen LogP contribution in [-0.4, -0.2) is 26.1 Å². The maximum absolute atomic E-state index is 10.9. The van der Waals surface area contributed by atoms with Crippen molar-refractivity contribution < 1.29 is 9.90 Å². The molecule has 108 valence electrons. The van der Waals surface area contributed by atoms with E-state index >= 15 is 0 Å². The Morgan fingerprint density at radius 3 is 2.70 bits per heavy atom. The molecular formula is C15H21N3O2. The van der Waals surface area contributed by atoms with E-state index in [9.17, 15) is 4.79 Å². The number of benzene rings is 1. The molecule has 0 atom stereocenters. The fraction of sp³-hybridized carbons (Fsp3) is 0.533. The Morgan fingerprint density at radius 2 is 1.95 bits per heavy atom. The molecule has 1 N–H and O–H groups in total. The van der Waals surface area contributed by atoms with E-state index in [1.807, 2.05) is 4.68 Å². The first-order chi connectivity index (χ1) is 9.72. The molecule has 0 spiro atoms. The number of hydrogen-bond donors (Lipinski definition) is 1. The Labute approximate surface area is 118 Å². The van der Waals surface area contributed by atoms with E-state index in [2.05, 4.69) is 17.2 Å². The van der Waals surface area contributed by atoms with Gasteiger partial charge in [-0.25, -0.2) is 9.48 Å². The summed E-state index contributed by atoms with van der Waals surface area (Å²) >= 11 is 0. The number of aromatic nitrogens is 3. The molecule has 0 saturated heterocycles. The predicted molar refractivity (Wildman–Crippen MR) is 77.9 cm³/mol. The van der Waals surface area contributed by atoms with Gasteiger partial charge in [0.25, 0.3) is 0 Å². The zero-order valence-corrected chi connectivity index (χ0v) is 11.9. The van der Waals surface area contributed by atoms with Gasteiger partial charge in [-0.2, -0.15) is 0 Å². The summed E-state index contributed by atoms with van der Waals surface area (Å²) in [5.41, 5.74) is 1.81. The second-order valence-electron chi connectivity index (χ2n) is 5.09. The van der Waals surface area contributed by atoms with Gasteiger partial charge in [0.15, 0.2) is 0 Å². The minimum absolute atomic E-state index is 0.254. The molecule has 5 nitrogen and oxygen atoms in total. The van der Waals surface area contributed by atoms with Crippen molar-refractivity contribution in [2.75, 3.05) is 0 Å². The van der Waals surface area contributed by atoms with Crippen molar-refractivity contribution in [2.24, 2.45) is 0 Å². The first kappa shape index (κ1) is 14.5. The van der Waals surface area contributed by atoms with Crippen LogP contribution >= 0.6 is 0 Å². The monoisotopic (exact) mass is 275 g/mol. The van der Waals surface area contributed by atoms with Crippen LogP contribution in [0, 0.1) is 0 Å². The van der Waals surface area contributed by atoms with E-state index in [4.69, 9.17) is 5.11 Å². The van der Waals surface area contributed by atoms with Crippen molar-refractivity contribution in [2.45, 2.75) is 52.0 Å². The molecule has 0 aliphatic rings. The maximum atomic E-state index is 10.9. The van der Waals surface area contributed by atoms with Crippen LogP contribution in [0.1, 0.15) is 55.8 Å². The Bertz CT molecular complexity index is 578. The third kappa shape index (κ3) is 3.56. The molecule has 0 radical (unpaired) electrons. The summed E-state index contributed by atoms with van der Waals surface area (Å²) in [7, 11) is 0. The quantitative estimate of drug-likeness (QED) is 0.749. The van der Waals surface area contributed by atoms with E-state index < -0.39 is 5.97 Å². The molecule has 0 saturated carbocycles. The number of hydrogen-bond acceptors (Lipinski definition) is 3. The van der Waals surface area contributed by atoms with Crippen LogP contribution in [0.4, 0.5) is 0 Å². The average molecular weight is 275 g/mol. The number of unbranched alkanes of at least 4 members (excludes halogenated alkanes) is 5. The van der Waals surface area contributed by atoms with Crippen molar-refractivity contribution in [1.29, 1.82) is 0 Å². The molecule has 0 aliphatic heterocycles. The van der Waals surface area contributed by atoms with Gasteiger partial charge in [-0.3, -0.25) is 0 Å². The van der Waals surface area contributed by atoms with Gasteiger partial charge in [-0.05, 0) is 24.6 Å². The lowest BCUT2D eigenvalue weighted by atomic mass is 10.1. The van der Waals surface area contributed by atoms with E-state index in [1.165, 1.54) is 32.1 Å². The molecule has 0 bridgehead atoms. The predicted octanol–water partition coefficient (Wildman–Crippen LogP) is 3.49. The Kier molecular flexibility index (Phi) is 5.09. The standard InChI is InChI=1S/C15H21N3O2/c1-2-3-4-5-6-7-10-18-14-9-8-12(15(19)20)11-13(14)16-17-18/h8-9,11H,2-7,10H2,1H3,(H,19,20). The topological polar surface area (TPSA) is 68.0 Å². The first-order valence-corrected chi connectivity index (χ1v) is 7.29. The molecule has 2 rings (SSSR count). The highest BCUT2D eigenvalue weighted by Gasteiger charge is 2.08. The number of carboxylic acids is 1. The van der Waals surface area contributed by atoms with E-state index in [0.29, 0.717) is 5.52 Å². The lowest BCUT2D eigenvalue weighted by Crippen LogP contribution is -2.01. The number of aromatic carboxylic acids is 1. The van der Waals surface area contributed by atoms with Crippen LogP contribution in [-0.2, 0) is 6.54 Å². The van der Waals surface area contributed by atoms with E-state index in [-0.39, 0.29) is 5.56 Å². The summed E-state index contributed by atoms with van der Waals surface area (Å²) in [5.74, 6) is -0.933. The smallest absolute Gasteiger partial charge is 0.335 e. The molecule has 0 fully saturated rings. The first-order valence-electron chi connectivity index (χ1n) is 7.29. The number of carbonyl (C=O) groups is 1. The van der Waals surface area contributed by atoms with Gasteiger partial charge in [-0.15, -0.1) is 5.10 Å². The van der Waals surface area contributed by atoms with Crippen LogP contribution in [0.3, 0.4) is 0 Å². The molecule has 1 heterocycles. The van der Waals surface area contributed by atoms with Crippen LogP contribution in [0.15, 0.2) is 18.2 Å². The van der Waals surface area contributed by atoms with Crippen molar-refractivity contribution in [1.82, 2.24) is 15.0 Å². The molecule has 0 unspecified atom stereocenters. The second-order valence-corrected chi connectivity index (χ2v) is 5.09. The van der Waals surface area contributed by atoms with E-state index in [0.717, 1.165) is 18.5 Å². The third-order valence-corrected chi connectivity index (χ3v) is 3.48. The minimum atomic E-state index is -0.933. The Morgan fingerprint density at radius 1 is 1.20 bits per heavy atom. The molecule has 1 aromatic heterocycles. The van der Waals surface area contributed by atoms with Gasteiger partial charge in [0.05, 0.1) is 11.1 Å². The van der Waals surface area contributed by atoms with Crippen LogP contribution in [0.5, 0.6) is 0 Å². The van der Waals surface area contributed by atoms with E-state index in [1.54, 1.807) is 18.2 Å². The fourth-order valence-electron chi connectivity index (χ4n) is 2.31. The van der Waals surface area contributed by atoms with Gasteiger partial charge >= 0.3 is 5.97 Å². The number of nitrogens with zero attached hydrogens (tertiary/aromatic N) is 3. The fourth-order valence-corrected chi connectivity index (χ4v) is 2.31. The van der Waals surface area contributed by atoms with Crippen molar-refractivity contribution in [3.05, 3.63) is 23.8 Å². The Hall–Kier alpha value is -1.91. The van der Waals surface area contributed by atoms with Gasteiger partial charge in [0.1, 0.15) is 5.52 Å². The number of fused-ring (bicyclic) bond motifs is 1. The maximum Gasteiger partial charge on any atom is 0.335 e. The summed E-state index contributed by atoms with van der Waals surface area (Å²) in [5, 5.41) is 17.1. The lowest BCUT2D eigenvalue weighted by molar-refractivity contribution is 0.0697. The second kappa shape index (κ2) is 7.03. The summed E-state index contributed by atoms with van der Waals surface area (Å²) in [6, 6.07) is 4.96. The summed E-state index contributed by atoms with van der Waals surface area (Å²) in [6.07, 6.45) is 7.43. The molecule has 1 aromatic carbocycles. The number of carboxylic acid groups (broad SMARTS) is 1. The third-order valence-electron chi connectivity index (χ3n) is 3.48. The highest BCUT2D eigenvalue weighted by molar-refractivity contribution is 5.92.